The van der Waals surface area contributed by atoms with Crippen LogP contribution >= 0.6 is 34.8 Å². The molecule has 78 valence electrons. The Morgan fingerprint density at radius 3 is 1.64 bits per heavy atom. The molecular formula is C6H8Cl3N5. The standard InChI is InChI=1S/C6H8Cl3N5/c1-10-4-12-3(6(7,8)9)13-5(11-2)14-4/h1-2H3,(H2,10,11,12,13,14). The van der Waals surface area contributed by atoms with Crippen LogP contribution in [0, 0.1) is 0 Å². The van der Waals surface area contributed by atoms with Crippen LogP contribution in [-0.4, -0.2) is 29.0 Å². The number of nitrogens with zero attached hydrogens (tertiary/aromatic N) is 3. The average Bonchev–Trinajstić information content (AvgIpc) is 2.15. The first kappa shape index (κ1) is 11.6. The number of alkyl halides is 3. The Hall–Kier alpha value is -0.520. The number of hydrogen-bond acceptors (Lipinski definition) is 5. The Labute approximate surface area is 96.2 Å². The number of hydrogen-bond donors (Lipinski definition) is 2. The highest BCUT2D eigenvalue weighted by atomic mass is 35.6. The third-order valence-corrected chi connectivity index (χ3v) is 1.84. The molecule has 0 radical (unpaired) electrons. The van der Waals surface area contributed by atoms with E-state index >= 15 is 0 Å². The van der Waals surface area contributed by atoms with Gasteiger partial charge < -0.3 is 10.6 Å². The van der Waals surface area contributed by atoms with Gasteiger partial charge in [0.25, 0.3) is 0 Å². The van der Waals surface area contributed by atoms with Crippen LogP contribution in [0.25, 0.3) is 0 Å². The molecule has 2 N–H and O–H groups in total. The van der Waals surface area contributed by atoms with Gasteiger partial charge in [0.05, 0.1) is 0 Å². The summed E-state index contributed by atoms with van der Waals surface area (Å²) in [6.45, 7) is 0. The van der Waals surface area contributed by atoms with Crippen LogP contribution in [0.5, 0.6) is 0 Å². The molecule has 1 aromatic rings. The highest BCUT2D eigenvalue weighted by Gasteiger charge is 2.28. The first-order valence-corrected chi connectivity index (χ1v) is 4.79. The predicted molar refractivity (Wildman–Crippen MR) is 58.2 cm³/mol. The lowest BCUT2D eigenvalue weighted by Gasteiger charge is -2.11. The Balaban J connectivity index is 3.17. The van der Waals surface area contributed by atoms with E-state index in [1.165, 1.54) is 0 Å². The Morgan fingerprint density at radius 2 is 1.36 bits per heavy atom. The largest absolute Gasteiger partial charge is 0.357 e. The maximum Gasteiger partial charge on any atom is 0.250 e. The molecule has 8 heteroatoms. The molecule has 0 saturated heterocycles. The van der Waals surface area contributed by atoms with E-state index in [2.05, 4.69) is 25.6 Å². The lowest BCUT2D eigenvalue weighted by Crippen LogP contribution is -2.13. The van der Waals surface area contributed by atoms with E-state index in [9.17, 15) is 0 Å². The molecule has 0 saturated carbocycles. The van der Waals surface area contributed by atoms with Gasteiger partial charge in [-0.15, -0.1) is 0 Å². The number of rotatable bonds is 2. The zero-order valence-electron chi connectivity index (χ0n) is 7.48. The maximum absolute atomic E-state index is 5.64. The predicted octanol–water partition coefficient (Wildman–Crippen LogP) is 1.78. The summed E-state index contributed by atoms with van der Waals surface area (Å²) < 4.78 is -1.65. The molecule has 14 heavy (non-hydrogen) atoms. The first-order chi connectivity index (χ1) is 6.47. The van der Waals surface area contributed by atoms with Crippen LogP contribution in [0.4, 0.5) is 11.9 Å². The van der Waals surface area contributed by atoms with Crippen LogP contribution < -0.4 is 10.6 Å². The number of halogens is 3. The van der Waals surface area contributed by atoms with Gasteiger partial charge in [0, 0.05) is 14.1 Å². The smallest absolute Gasteiger partial charge is 0.250 e. The average molecular weight is 257 g/mol. The minimum atomic E-state index is -1.65. The summed E-state index contributed by atoms with van der Waals surface area (Å²) in [5, 5.41) is 5.47. The molecule has 1 aromatic heterocycles. The fraction of sp³-hybridized carbons (Fsp3) is 0.500. The lowest BCUT2D eigenvalue weighted by atomic mass is 10.6. The van der Waals surface area contributed by atoms with Crippen molar-refractivity contribution in [2.24, 2.45) is 0 Å². The molecule has 0 aliphatic heterocycles. The second-order valence-corrected chi connectivity index (χ2v) is 4.59. The van der Waals surface area contributed by atoms with Gasteiger partial charge in [-0.05, 0) is 0 Å². The third kappa shape index (κ3) is 2.73. The molecular weight excluding hydrogens is 248 g/mol. The van der Waals surface area contributed by atoms with Crippen LogP contribution in [0.1, 0.15) is 5.82 Å². The maximum atomic E-state index is 5.64. The zero-order chi connectivity index (χ0) is 10.8. The van der Waals surface area contributed by atoms with E-state index in [0.717, 1.165) is 0 Å². The quantitative estimate of drug-likeness (QED) is 0.790. The molecule has 0 fully saturated rings. The Morgan fingerprint density at radius 1 is 0.929 bits per heavy atom. The molecule has 0 aliphatic rings. The van der Waals surface area contributed by atoms with Crippen molar-refractivity contribution in [3.8, 4) is 0 Å². The minimum absolute atomic E-state index is 0.0752. The summed E-state index contributed by atoms with van der Waals surface area (Å²) >= 11 is 16.9. The fourth-order valence-electron chi connectivity index (χ4n) is 0.726. The third-order valence-electron chi connectivity index (χ3n) is 1.34. The zero-order valence-corrected chi connectivity index (χ0v) is 9.74. The highest BCUT2D eigenvalue weighted by Crippen LogP contribution is 2.36. The summed E-state index contributed by atoms with van der Waals surface area (Å²) in [6.07, 6.45) is 0. The van der Waals surface area contributed by atoms with Crippen molar-refractivity contribution in [1.29, 1.82) is 0 Å². The van der Waals surface area contributed by atoms with Gasteiger partial charge in [-0.1, -0.05) is 34.8 Å². The summed E-state index contributed by atoms with van der Waals surface area (Å²) in [4.78, 5) is 11.8. The van der Waals surface area contributed by atoms with Gasteiger partial charge >= 0.3 is 0 Å². The molecule has 0 aliphatic carbocycles. The van der Waals surface area contributed by atoms with E-state index in [-0.39, 0.29) is 5.82 Å². The molecule has 0 amide bonds. The second-order valence-electron chi connectivity index (χ2n) is 2.30. The fourth-order valence-corrected chi connectivity index (χ4v) is 0.980. The van der Waals surface area contributed by atoms with Crippen LogP contribution in [0.3, 0.4) is 0 Å². The first-order valence-electron chi connectivity index (χ1n) is 3.66. The molecule has 0 unspecified atom stereocenters. The van der Waals surface area contributed by atoms with Gasteiger partial charge in [0.1, 0.15) is 0 Å². The molecule has 5 nitrogen and oxygen atoms in total. The molecule has 0 spiro atoms. The summed E-state index contributed by atoms with van der Waals surface area (Å²) in [6, 6.07) is 0. The Kier molecular flexibility index (Phi) is 3.58. The number of nitrogens with one attached hydrogen (secondary N) is 2. The Bertz CT molecular complexity index is 301. The highest BCUT2D eigenvalue weighted by molar-refractivity contribution is 6.66. The van der Waals surface area contributed by atoms with Gasteiger partial charge in [-0.3, -0.25) is 0 Å². The van der Waals surface area contributed by atoms with Gasteiger partial charge in [0.2, 0.25) is 15.7 Å². The van der Waals surface area contributed by atoms with E-state index in [1.807, 2.05) is 0 Å². The van der Waals surface area contributed by atoms with Crippen molar-refractivity contribution in [2.45, 2.75) is 3.79 Å². The summed E-state index contributed by atoms with van der Waals surface area (Å²) in [7, 11) is 3.33. The van der Waals surface area contributed by atoms with E-state index < -0.39 is 3.79 Å². The van der Waals surface area contributed by atoms with Crippen molar-refractivity contribution in [3.05, 3.63) is 5.82 Å². The molecule has 0 atom stereocenters. The number of anilines is 2. The van der Waals surface area contributed by atoms with Crippen molar-refractivity contribution in [2.75, 3.05) is 24.7 Å². The monoisotopic (exact) mass is 255 g/mol. The second kappa shape index (κ2) is 4.33. The number of aromatic nitrogens is 3. The molecule has 0 bridgehead atoms. The SMILES string of the molecule is CNc1nc(NC)nc(C(Cl)(Cl)Cl)n1. The van der Waals surface area contributed by atoms with Gasteiger partial charge in [-0.25, -0.2) is 0 Å². The normalized spacial score (nSPS) is 11.2. The van der Waals surface area contributed by atoms with E-state index in [4.69, 9.17) is 34.8 Å². The van der Waals surface area contributed by atoms with Crippen LogP contribution in [-0.2, 0) is 3.79 Å². The van der Waals surface area contributed by atoms with Crippen LogP contribution in [0.2, 0.25) is 0 Å². The molecule has 1 rings (SSSR count). The molecule has 1 heterocycles. The van der Waals surface area contributed by atoms with E-state index in [1.54, 1.807) is 14.1 Å². The lowest BCUT2D eigenvalue weighted by molar-refractivity contribution is 0.924. The van der Waals surface area contributed by atoms with Crippen molar-refractivity contribution >= 4 is 46.7 Å². The van der Waals surface area contributed by atoms with Gasteiger partial charge in [-0.2, -0.15) is 15.0 Å². The van der Waals surface area contributed by atoms with Gasteiger partial charge in [0.15, 0.2) is 5.82 Å². The van der Waals surface area contributed by atoms with Crippen molar-refractivity contribution in [1.82, 2.24) is 15.0 Å². The van der Waals surface area contributed by atoms with Crippen LogP contribution in [0.15, 0.2) is 0 Å². The van der Waals surface area contributed by atoms with E-state index in [0.29, 0.717) is 11.9 Å². The van der Waals surface area contributed by atoms with Crippen molar-refractivity contribution in [3.63, 3.8) is 0 Å². The summed E-state index contributed by atoms with van der Waals surface area (Å²) in [5.74, 6) is 0.752. The summed E-state index contributed by atoms with van der Waals surface area (Å²) in [5.41, 5.74) is 0. The minimum Gasteiger partial charge on any atom is -0.357 e. The van der Waals surface area contributed by atoms with Crippen molar-refractivity contribution < 1.29 is 0 Å². The topological polar surface area (TPSA) is 62.7 Å². The molecule has 0 aromatic carbocycles.